The molecule has 1 aliphatic rings. The first-order valence-electron chi connectivity index (χ1n) is 7.67. The van der Waals surface area contributed by atoms with Crippen LogP contribution in [0.15, 0.2) is 34.2 Å². The summed E-state index contributed by atoms with van der Waals surface area (Å²) in [5.41, 5.74) is 1.66. The number of halogens is 1. The smallest absolute Gasteiger partial charge is 0.307 e. The number of nitrogens with zero attached hydrogens (tertiary/aromatic N) is 2. The number of aliphatic carboxylic acids is 1. The monoisotopic (exact) mass is 408 g/mol. The van der Waals surface area contributed by atoms with Crippen molar-refractivity contribution >= 4 is 39.1 Å². The summed E-state index contributed by atoms with van der Waals surface area (Å²) in [5.74, 6) is -1.53. The third kappa shape index (κ3) is 3.37. The van der Waals surface area contributed by atoms with Gasteiger partial charge in [0.05, 0.1) is 11.6 Å². The van der Waals surface area contributed by atoms with Gasteiger partial charge in [-0.2, -0.15) is 0 Å². The number of benzene rings is 1. The van der Waals surface area contributed by atoms with E-state index in [0.29, 0.717) is 34.0 Å². The van der Waals surface area contributed by atoms with E-state index in [1.807, 2.05) is 37.3 Å². The van der Waals surface area contributed by atoms with E-state index >= 15 is 0 Å². The number of carboxylic acid groups (broad SMARTS) is 1. The maximum Gasteiger partial charge on any atom is 0.307 e. The van der Waals surface area contributed by atoms with E-state index in [4.69, 9.17) is 0 Å². The van der Waals surface area contributed by atoms with Crippen LogP contribution < -0.4 is 0 Å². The van der Waals surface area contributed by atoms with E-state index in [0.717, 1.165) is 5.56 Å². The number of aryl methyl sites for hydroxylation is 1. The predicted molar refractivity (Wildman–Crippen MR) is 95.4 cm³/mol. The zero-order valence-corrected chi connectivity index (χ0v) is 15.5. The molecule has 0 spiro atoms. The molecule has 3 rings (SSSR count). The quantitative estimate of drug-likeness (QED) is 0.842. The van der Waals surface area contributed by atoms with Crippen molar-refractivity contribution in [1.82, 2.24) is 9.88 Å². The van der Waals surface area contributed by atoms with Gasteiger partial charge < -0.3 is 10.0 Å². The van der Waals surface area contributed by atoms with Gasteiger partial charge in [-0.25, -0.2) is 4.98 Å². The fourth-order valence-corrected chi connectivity index (χ4v) is 4.69. The molecule has 2 aromatic rings. The normalized spacial score (nSPS) is 20.8. The van der Waals surface area contributed by atoms with Gasteiger partial charge in [0, 0.05) is 19.0 Å². The van der Waals surface area contributed by atoms with Crippen molar-refractivity contribution in [2.45, 2.75) is 19.3 Å². The number of carboxylic acids is 1. The number of likely N-dealkylation sites (tertiary alicyclic amines) is 1. The molecular formula is C17H17BrN2O3S. The lowest BCUT2D eigenvalue weighted by molar-refractivity contribution is -0.144. The van der Waals surface area contributed by atoms with Crippen LogP contribution in [-0.4, -0.2) is 40.0 Å². The van der Waals surface area contributed by atoms with Gasteiger partial charge in [0.25, 0.3) is 5.91 Å². The predicted octanol–water partition coefficient (Wildman–Crippen LogP) is 3.54. The van der Waals surface area contributed by atoms with Gasteiger partial charge in [0.1, 0.15) is 4.88 Å². The van der Waals surface area contributed by atoms with Crippen molar-refractivity contribution in [3.8, 4) is 0 Å². The number of carbonyl (C=O) groups excluding carboxylic acids is 1. The first kappa shape index (κ1) is 17.1. The van der Waals surface area contributed by atoms with Gasteiger partial charge in [-0.05, 0) is 34.8 Å². The minimum atomic E-state index is -0.798. The molecule has 1 aromatic carbocycles. The summed E-state index contributed by atoms with van der Waals surface area (Å²) in [6.45, 7) is 2.68. The summed E-state index contributed by atoms with van der Waals surface area (Å²) in [4.78, 5) is 31.0. The van der Waals surface area contributed by atoms with Crippen LogP contribution in [-0.2, 0) is 4.79 Å². The maximum atomic E-state index is 12.8. The zero-order valence-electron chi connectivity index (χ0n) is 13.1. The Labute approximate surface area is 152 Å². The summed E-state index contributed by atoms with van der Waals surface area (Å²) < 4.78 is 0.684. The number of hydrogen-bond donors (Lipinski definition) is 1. The first-order chi connectivity index (χ1) is 11.5. The fourth-order valence-electron chi connectivity index (χ4n) is 3.18. The highest BCUT2D eigenvalue weighted by atomic mass is 79.9. The standard InChI is InChI=1S/C17H17BrN2O3S/c1-10-14(24-17(18)19-10)15(21)20-8-7-12(16(22)23)13(9-20)11-5-3-2-4-6-11/h2-6,12-13H,7-9H2,1H3,(H,22,23)/t12-,13+/m1/s1. The SMILES string of the molecule is Cc1nc(Br)sc1C(=O)N1CC[C@@H](C(=O)O)[C@H](c2ccccc2)C1. The molecule has 1 amide bonds. The fraction of sp³-hybridized carbons (Fsp3) is 0.353. The summed E-state index contributed by atoms with van der Waals surface area (Å²) >= 11 is 4.63. The number of piperidine rings is 1. The summed E-state index contributed by atoms with van der Waals surface area (Å²) in [7, 11) is 0. The molecule has 24 heavy (non-hydrogen) atoms. The van der Waals surface area contributed by atoms with E-state index in [-0.39, 0.29) is 11.8 Å². The number of rotatable bonds is 3. The molecule has 0 unspecified atom stereocenters. The molecule has 0 bridgehead atoms. The van der Waals surface area contributed by atoms with Crippen molar-refractivity contribution in [3.63, 3.8) is 0 Å². The van der Waals surface area contributed by atoms with Crippen molar-refractivity contribution in [3.05, 3.63) is 50.4 Å². The molecule has 2 heterocycles. The zero-order chi connectivity index (χ0) is 17.3. The number of carbonyl (C=O) groups is 2. The Kier molecular flexibility index (Phi) is 5.01. The van der Waals surface area contributed by atoms with Gasteiger partial charge in [0.15, 0.2) is 3.92 Å². The van der Waals surface area contributed by atoms with Crippen molar-refractivity contribution in [1.29, 1.82) is 0 Å². The lowest BCUT2D eigenvalue weighted by Crippen LogP contribution is -2.44. The molecule has 0 aliphatic carbocycles. The Morgan fingerprint density at radius 3 is 2.62 bits per heavy atom. The second kappa shape index (κ2) is 7.03. The molecule has 5 nitrogen and oxygen atoms in total. The minimum Gasteiger partial charge on any atom is -0.481 e. The van der Waals surface area contributed by atoms with Crippen LogP contribution >= 0.6 is 27.3 Å². The average molecular weight is 409 g/mol. The average Bonchev–Trinajstić information content (AvgIpc) is 2.92. The number of aromatic nitrogens is 1. The van der Waals surface area contributed by atoms with Gasteiger partial charge in [-0.15, -0.1) is 11.3 Å². The number of thiazole rings is 1. The highest BCUT2D eigenvalue weighted by Crippen LogP contribution is 2.34. The number of hydrogen-bond acceptors (Lipinski definition) is 4. The van der Waals surface area contributed by atoms with Gasteiger partial charge in [-0.3, -0.25) is 9.59 Å². The third-order valence-corrected chi connectivity index (χ3v) is 6.01. The molecule has 7 heteroatoms. The Morgan fingerprint density at radius 2 is 2.04 bits per heavy atom. The summed E-state index contributed by atoms with van der Waals surface area (Å²) in [6.07, 6.45) is 0.458. The Hall–Kier alpha value is -1.73. The van der Waals surface area contributed by atoms with E-state index < -0.39 is 11.9 Å². The van der Waals surface area contributed by atoms with Crippen LogP contribution in [0.2, 0.25) is 0 Å². The topological polar surface area (TPSA) is 70.5 Å². The van der Waals surface area contributed by atoms with E-state index in [9.17, 15) is 14.7 Å². The van der Waals surface area contributed by atoms with Crippen LogP contribution in [0.1, 0.15) is 33.3 Å². The van der Waals surface area contributed by atoms with Crippen LogP contribution in [0, 0.1) is 12.8 Å². The molecule has 2 atom stereocenters. The van der Waals surface area contributed by atoms with Crippen molar-refractivity contribution < 1.29 is 14.7 Å². The Bertz CT molecular complexity index is 762. The second-order valence-corrected chi connectivity index (χ2v) is 8.16. The van der Waals surface area contributed by atoms with E-state index in [1.165, 1.54) is 11.3 Å². The van der Waals surface area contributed by atoms with Gasteiger partial charge in [-0.1, -0.05) is 30.3 Å². The Morgan fingerprint density at radius 1 is 1.33 bits per heavy atom. The molecule has 1 saturated heterocycles. The highest BCUT2D eigenvalue weighted by molar-refractivity contribution is 9.11. The van der Waals surface area contributed by atoms with Crippen LogP contribution in [0.5, 0.6) is 0 Å². The number of amides is 1. The Balaban J connectivity index is 1.86. The molecule has 0 saturated carbocycles. The molecule has 1 aliphatic heterocycles. The second-order valence-electron chi connectivity index (χ2n) is 5.88. The molecule has 0 radical (unpaired) electrons. The molecule has 126 valence electrons. The maximum absolute atomic E-state index is 12.8. The van der Waals surface area contributed by atoms with Gasteiger partial charge in [0.2, 0.25) is 0 Å². The summed E-state index contributed by atoms with van der Waals surface area (Å²) in [5, 5.41) is 9.54. The van der Waals surface area contributed by atoms with Crippen LogP contribution in [0.25, 0.3) is 0 Å². The lowest BCUT2D eigenvalue weighted by Gasteiger charge is -2.37. The first-order valence-corrected chi connectivity index (χ1v) is 9.28. The lowest BCUT2D eigenvalue weighted by atomic mass is 9.80. The third-order valence-electron chi connectivity index (χ3n) is 4.41. The largest absolute Gasteiger partial charge is 0.481 e. The molecular weight excluding hydrogens is 392 g/mol. The van der Waals surface area contributed by atoms with Crippen LogP contribution in [0.4, 0.5) is 0 Å². The minimum absolute atomic E-state index is 0.0690. The van der Waals surface area contributed by atoms with Crippen molar-refractivity contribution in [2.24, 2.45) is 5.92 Å². The highest BCUT2D eigenvalue weighted by Gasteiger charge is 2.37. The molecule has 1 N–H and O–H groups in total. The van der Waals surface area contributed by atoms with Crippen LogP contribution in [0.3, 0.4) is 0 Å². The molecule has 1 aromatic heterocycles. The molecule has 1 fully saturated rings. The summed E-state index contributed by atoms with van der Waals surface area (Å²) in [6, 6.07) is 9.58. The van der Waals surface area contributed by atoms with E-state index in [2.05, 4.69) is 20.9 Å². The van der Waals surface area contributed by atoms with Gasteiger partial charge >= 0.3 is 5.97 Å². The van der Waals surface area contributed by atoms with E-state index in [1.54, 1.807) is 4.90 Å². The van der Waals surface area contributed by atoms with Crippen molar-refractivity contribution in [2.75, 3.05) is 13.1 Å².